The van der Waals surface area contributed by atoms with E-state index in [4.69, 9.17) is 5.11 Å². The first-order chi connectivity index (χ1) is 6.90. The minimum atomic E-state index is -1.80. The van der Waals surface area contributed by atoms with E-state index < -0.39 is 35.9 Å². The van der Waals surface area contributed by atoms with Crippen LogP contribution in [0.5, 0.6) is 0 Å². The van der Waals surface area contributed by atoms with Crippen molar-refractivity contribution in [2.24, 2.45) is 5.92 Å². The minimum absolute atomic E-state index is 0.580. The van der Waals surface area contributed by atoms with Crippen LogP contribution in [0.25, 0.3) is 0 Å². The van der Waals surface area contributed by atoms with Gasteiger partial charge in [0.25, 0.3) is 0 Å². The molecule has 0 aromatic heterocycles. The van der Waals surface area contributed by atoms with Gasteiger partial charge in [0.1, 0.15) is 0 Å². The molecule has 7 nitrogen and oxygen atoms in total. The maximum Gasteiger partial charge on any atom is 0.220 e. The van der Waals surface area contributed by atoms with Crippen LogP contribution in [0.1, 0.15) is 6.92 Å². The summed E-state index contributed by atoms with van der Waals surface area (Å²) in [6.07, 6.45) is 0.661. The highest BCUT2D eigenvalue weighted by Crippen LogP contribution is 2.07. The third kappa shape index (κ3) is 4.23. The Morgan fingerprint density at radius 3 is 2.20 bits per heavy atom. The van der Waals surface area contributed by atoms with Crippen LogP contribution in [0.4, 0.5) is 0 Å². The summed E-state index contributed by atoms with van der Waals surface area (Å²) >= 11 is 0. The Bertz CT molecular complexity index is 308. The van der Waals surface area contributed by atoms with Gasteiger partial charge >= 0.3 is 0 Å². The summed E-state index contributed by atoms with van der Waals surface area (Å²) in [5, 5.41) is 31.5. The molecular formula is C8H9NO6-2. The molecule has 7 heteroatoms. The SMILES string of the molecule is CC(=O)NC=C(C(=O)[O-])C(CO)C(=O)[O-]. The number of aliphatic hydroxyl groups excluding tert-OH is 1. The minimum Gasteiger partial charge on any atom is -0.549 e. The molecular weight excluding hydrogens is 206 g/mol. The van der Waals surface area contributed by atoms with Gasteiger partial charge < -0.3 is 30.2 Å². The van der Waals surface area contributed by atoms with Crippen LogP contribution in [0, 0.1) is 5.92 Å². The van der Waals surface area contributed by atoms with Gasteiger partial charge in [0.05, 0.1) is 18.5 Å². The predicted molar refractivity (Wildman–Crippen MR) is 42.5 cm³/mol. The maximum absolute atomic E-state index is 10.5. The quantitative estimate of drug-likeness (QED) is 0.451. The highest BCUT2D eigenvalue weighted by molar-refractivity contribution is 5.92. The average Bonchev–Trinajstić information content (AvgIpc) is 2.10. The zero-order valence-corrected chi connectivity index (χ0v) is 7.85. The lowest BCUT2D eigenvalue weighted by Crippen LogP contribution is -2.41. The van der Waals surface area contributed by atoms with Crippen molar-refractivity contribution in [1.29, 1.82) is 0 Å². The van der Waals surface area contributed by atoms with Gasteiger partial charge in [-0.3, -0.25) is 4.79 Å². The van der Waals surface area contributed by atoms with Gasteiger partial charge in [-0.25, -0.2) is 0 Å². The number of carboxylic acid groups (broad SMARTS) is 2. The number of aliphatic hydroxyl groups is 1. The van der Waals surface area contributed by atoms with E-state index in [1.54, 1.807) is 0 Å². The van der Waals surface area contributed by atoms with E-state index in [2.05, 4.69) is 0 Å². The molecule has 84 valence electrons. The van der Waals surface area contributed by atoms with Crippen LogP contribution in [-0.2, 0) is 14.4 Å². The molecule has 0 heterocycles. The first-order valence-electron chi connectivity index (χ1n) is 3.90. The number of aliphatic carboxylic acids is 2. The Balaban J connectivity index is 4.93. The van der Waals surface area contributed by atoms with Crippen LogP contribution in [0.15, 0.2) is 11.8 Å². The summed E-state index contributed by atoms with van der Waals surface area (Å²) in [6.45, 7) is 0.151. The van der Waals surface area contributed by atoms with Crippen LogP contribution in [0.2, 0.25) is 0 Å². The number of amides is 1. The molecule has 0 spiro atoms. The van der Waals surface area contributed by atoms with Crippen LogP contribution in [0.3, 0.4) is 0 Å². The number of carbonyl (C=O) groups is 3. The number of hydrogen-bond donors (Lipinski definition) is 2. The van der Waals surface area contributed by atoms with E-state index in [1.165, 1.54) is 0 Å². The number of rotatable bonds is 5. The largest absolute Gasteiger partial charge is 0.549 e. The molecule has 0 aliphatic heterocycles. The zero-order valence-electron chi connectivity index (χ0n) is 7.85. The van der Waals surface area contributed by atoms with Gasteiger partial charge in [0.15, 0.2) is 0 Å². The molecule has 2 N–H and O–H groups in total. The highest BCUT2D eigenvalue weighted by atomic mass is 16.4. The summed E-state index contributed by atoms with van der Waals surface area (Å²) in [7, 11) is 0. The Labute approximate surface area is 85.0 Å². The lowest BCUT2D eigenvalue weighted by molar-refractivity contribution is -0.315. The topological polar surface area (TPSA) is 130 Å². The van der Waals surface area contributed by atoms with E-state index in [0.717, 1.165) is 6.92 Å². The highest BCUT2D eigenvalue weighted by Gasteiger charge is 2.15. The van der Waals surface area contributed by atoms with Crippen LogP contribution >= 0.6 is 0 Å². The molecule has 0 radical (unpaired) electrons. The summed E-state index contributed by atoms with van der Waals surface area (Å²) in [5.41, 5.74) is -0.757. The molecule has 0 rings (SSSR count). The van der Waals surface area contributed by atoms with E-state index in [-0.39, 0.29) is 0 Å². The van der Waals surface area contributed by atoms with Gasteiger partial charge in [-0.05, 0) is 0 Å². The maximum atomic E-state index is 10.5. The van der Waals surface area contributed by atoms with Crippen LogP contribution < -0.4 is 15.5 Å². The molecule has 1 atom stereocenters. The lowest BCUT2D eigenvalue weighted by Gasteiger charge is -2.19. The zero-order chi connectivity index (χ0) is 12.0. The molecule has 0 aliphatic rings. The Hall–Kier alpha value is -1.89. The van der Waals surface area contributed by atoms with Crippen LogP contribution in [-0.4, -0.2) is 29.6 Å². The smallest absolute Gasteiger partial charge is 0.220 e. The van der Waals surface area contributed by atoms with Crippen molar-refractivity contribution in [3.63, 3.8) is 0 Å². The first-order valence-corrected chi connectivity index (χ1v) is 3.90. The standard InChI is InChI=1S/C8H11NO6/c1-4(11)9-2-5(7(12)13)6(3-10)8(14)15/h2,6,10H,3H2,1H3,(H,9,11)(H,12,13)(H,14,15)/p-2. The second-order valence-corrected chi connectivity index (χ2v) is 2.64. The number of hydrogen-bond acceptors (Lipinski definition) is 6. The fourth-order valence-corrected chi connectivity index (χ4v) is 0.781. The molecule has 0 saturated carbocycles. The summed E-state index contributed by atoms with van der Waals surface area (Å²) < 4.78 is 0. The third-order valence-corrected chi connectivity index (χ3v) is 1.51. The van der Waals surface area contributed by atoms with Crippen molar-refractivity contribution in [3.05, 3.63) is 11.8 Å². The average molecular weight is 215 g/mol. The fourth-order valence-electron chi connectivity index (χ4n) is 0.781. The number of carboxylic acids is 2. The van der Waals surface area contributed by atoms with Crippen molar-refractivity contribution in [1.82, 2.24) is 5.32 Å². The van der Waals surface area contributed by atoms with Crippen molar-refractivity contribution in [2.75, 3.05) is 6.61 Å². The molecule has 1 unspecified atom stereocenters. The van der Waals surface area contributed by atoms with Gasteiger partial charge in [0.2, 0.25) is 5.91 Å². The lowest BCUT2D eigenvalue weighted by atomic mass is 10.0. The van der Waals surface area contributed by atoms with E-state index in [9.17, 15) is 24.6 Å². The fraction of sp³-hybridized carbons (Fsp3) is 0.375. The molecule has 0 aliphatic carbocycles. The third-order valence-electron chi connectivity index (χ3n) is 1.51. The molecule has 0 saturated heterocycles. The molecule has 0 aromatic carbocycles. The van der Waals surface area contributed by atoms with E-state index >= 15 is 0 Å². The summed E-state index contributed by atoms with van der Waals surface area (Å²) in [6, 6.07) is 0. The molecule has 0 aromatic rings. The second kappa shape index (κ2) is 5.76. The van der Waals surface area contributed by atoms with Gasteiger partial charge in [-0.2, -0.15) is 0 Å². The van der Waals surface area contributed by atoms with Crippen molar-refractivity contribution < 1.29 is 29.7 Å². The molecule has 0 fully saturated rings. The Morgan fingerprint density at radius 2 is 1.93 bits per heavy atom. The van der Waals surface area contributed by atoms with Crippen molar-refractivity contribution in [3.8, 4) is 0 Å². The Morgan fingerprint density at radius 1 is 1.40 bits per heavy atom. The van der Waals surface area contributed by atoms with Gasteiger partial charge in [-0.15, -0.1) is 0 Å². The normalized spacial score (nSPS) is 13.1. The van der Waals surface area contributed by atoms with Gasteiger partial charge in [-0.1, -0.05) is 0 Å². The van der Waals surface area contributed by atoms with Gasteiger partial charge in [0, 0.05) is 24.6 Å². The number of carbonyl (C=O) groups excluding carboxylic acids is 3. The number of nitrogens with one attached hydrogen (secondary N) is 1. The first kappa shape index (κ1) is 13.1. The molecule has 1 amide bonds. The van der Waals surface area contributed by atoms with Crippen molar-refractivity contribution in [2.45, 2.75) is 6.92 Å². The van der Waals surface area contributed by atoms with E-state index in [1.807, 2.05) is 5.32 Å². The van der Waals surface area contributed by atoms with E-state index in [0.29, 0.717) is 6.20 Å². The summed E-state index contributed by atoms with van der Waals surface area (Å²) in [5.74, 6) is -5.88. The second-order valence-electron chi connectivity index (χ2n) is 2.64. The molecule has 0 bridgehead atoms. The van der Waals surface area contributed by atoms with Crippen molar-refractivity contribution >= 4 is 17.8 Å². The Kier molecular flexibility index (Phi) is 5.03. The molecule has 15 heavy (non-hydrogen) atoms. The summed E-state index contributed by atoms with van der Waals surface area (Å²) in [4.78, 5) is 31.3. The monoisotopic (exact) mass is 215 g/mol. The predicted octanol–water partition coefficient (Wildman–Crippen LogP) is -3.89.